The van der Waals surface area contributed by atoms with Gasteiger partial charge in [0.05, 0.1) is 6.61 Å². The predicted molar refractivity (Wildman–Crippen MR) is 115 cm³/mol. The first-order valence-electron chi connectivity index (χ1n) is 12.0. The van der Waals surface area contributed by atoms with Crippen LogP contribution in [0.4, 0.5) is 0 Å². The van der Waals surface area contributed by atoms with Crippen LogP contribution in [0.3, 0.4) is 0 Å². The van der Waals surface area contributed by atoms with Gasteiger partial charge < -0.3 is 4.74 Å². The fourth-order valence-electron chi connectivity index (χ4n) is 3.43. The molecule has 0 aliphatic rings. The van der Waals surface area contributed by atoms with Gasteiger partial charge in [-0.1, -0.05) is 123 Å². The van der Waals surface area contributed by atoms with Crippen LogP contribution in [0, 0.1) is 0 Å². The summed E-state index contributed by atoms with van der Waals surface area (Å²) in [6.45, 7) is 5.16. The Morgan fingerprint density at radius 3 is 1.26 bits per heavy atom. The fraction of sp³-hybridized carbons (Fsp3) is 0.958. The molecule has 0 aliphatic heterocycles. The minimum Gasteiger partial charge on any atom is -0.466 e. The van der Waals surface area contributed by atoms with E-state index in [4.69, 9.17) is 4.74 Å². The van der Waals surface area contributed by atoms with Crippen molar-refractivity contribution in [3.05, 3.63) is 0 Å². The molecule has 0 aliphatic carbocycles. The molecule has 0 fully saturated rings. The molecular formula is C24H48NaO2+. The molecule has 2 nitrogen and oxygen atoms in total. The monoisotopic (exact) mass is 391 g/mol. The summed E-state index contributed by atoms with van der Waals surface area (Å²) in [4.78, 5) is 11.7. The van der Waals surface area contributed by atoms with Crippen LogP contribution in [0.25, 0.3) is 0 Å². The van der Waals surface area contributed by atoms with Crippen LogP contribution in [0.5, 0.6) is 0 Å². The smallest absolute Gasteiger partial charge is 0.466 e. The standard InChI is InChI=1S/C24H48O2.Na/c1-3-5-7-9-11-13-15-17-19-21-23-26-24(25)22-20-18-16-14-12-10-8-6-4-2;/h3-23H2,1-2H3;/q;+1. The third-order valence-electron chi connectivity index (χ3n) is 5.25. The Kier molecular flexibility index (Phi) is 29.1. The second kappa shape index (κ2) is 26.5. The molecule has 0 radical (unpaired) electrons. The van der Waals surface area contributed by atoms with E-state index in [1.54, 1.807) is 0 Å². The number of hydrogen-bond acceptors (Lipinski definition) is 2. The summed E-state index contributed by atoms with van der Waals surface area (Å²) in [7, 11) is 0. The Morgan fingerprint density at radius 2 is 0.852 bits per heavy atom. The van der Waals surface area contributed by atoms with Crippen molar-refractivity contribution in [3.63, 3.8) is 0 Å². The molecule has 156 valence electrons. The Labute approximate surface area is 193 Å². The third-order valence-corrected chi connectivity index (χ3v) is 5.25. The van der Waals surface area contributed by atoms with Gasteiger partial charge in [0.15, 0.2) is 0 Å². The molecular weight excluding hydrogens is 343 g/mol. The SMILES string of the molecule is CCCCCCCCCCCCOC(=O)CCCCCCCCCCC.[Na+]. The normalized spacial score (nSPS) is 10.6. The summed E-state index contributed by atoms with van der Waals surface area (Å²) in [5.74, 6) is 0.0175. The quantitative estimate of drug-likeness (QED) is 0.149. The molecule has 0 amide bonds. The zero-order valence-corrected chi connectivity index (χ0v) is 21.2. The van der Waals surface area contributed by atoms with E-state index >= 15 is 0 Å². The van der Waals surface area contributed by atoms with Gasteiger partial charge in [0.2, 0.25) is 0 Å². The Morgan fingerprint density at radius 1 is 0.519 bits per heavy atom. The third kappa shape index (κ3) is 26.5. The Balaban J connectivity index is 0. The minimum atomic E-state index is 0. The van der Waals surface area contributed by atoms with Crippen LogP contribution in [0.15, 0.2) is 0 Å². The van der Waals surface area contributed by atoms with Crippen molar-refractivity contribution in [2.24, 2.45) is 0 Å². The van der Waals surface area contributed by atoms with E-state index in [0.717, 1.165) is 12.8 Å². The summed E-state index contributed by atoms with van der Waals surface area (Å²) < 4.78 is 5.35. The zero-order valence-electron chi connectivity index (χ0n) is 19.2. The average Bonchev–Trinajstić information content (AvgIpc) is 2.64. The van der Waals surface area contributed by atoms with Gasteiger partial charge in [-0.25, -0.2) is 0 Å². The second-order valence-corrected chi connectivity index (χ2v) is 7.98. The first-order valence-corrected chi connectivity index (χ1v) is 12.0. The largest absolute Gasteiger partial charge is 1.00 e. The molecule has 27 heavy (non-hydrogen) atoms. The van der Waals surface area contributed by atoms with Gasteiger partial charge in [-0.15, -0.1) is 0 Å². The van der Waals surface area contributed by atoms with E-state index in [-0.39, 0.29) is 35.5 Å². The molecule has 0 saturated carbocycles. The number of esters is 1. The molecule has 0 bridgehead atoms. The molecule has 0 N–H and O–H groups in total. The van der Waals surface area contributed by atoms with Crippen molar-refractivity contribution in [1.29, 1.82) is 0 Å². The number of hydrogen-bond donors (Lipinski definition) is 0. The number of ether oxygens (including phenoxy) is 1. The topological polar surface area (TPSA) is 26.3 Å². The predicted octanol–water partition coefficient (Wildman–Crippen LogP) is 5.38. The van der Waals surface area contributed by atoms with Crippen LogP contribution in [-0.2, 0) is 9.53 Å². The summed E-state index contributed by atoms with van der Waals surface area (Å²) >= 11 is 0. The number of rotatable bonds is 21. The van der Waals surface area contributed by atoms with Crippen LogP contribution >= 0.6 is 0 Å². The molecule has 3 heteroatoms. The molecule has 0 heterocycles. The molecule has 0 atom stereocenters. The first kappa shape index (κ1) is 29.7. The molecule has 0 aromatic carbocycles. The van der Waals surface area contributed by atoms with Crippen LogP contribution in [0.1, 0.15) is 142 Å². The van der Waals surface area contributed by atoms with Crippen molar-refractivity contribution in [2.45, 2.75) is 142 Å². The maximum Gasteiger partial charge on any atom is 1.00 e. The van der Waals surface area contributed by atoms with Gasteiger partial charge in [-0.3, -0.25) is 4.79 Å². The molecule has 0 aromatic rings. The number of unbranched alkanes of at least 4 members (excludes halogenated alkanes) is 17. The van der Waals surface area contributed by atoms with E-state index in [1.165, 1.54) is 109 Å². The van der Waals surface area contributed by atoms with Crippen molar-refractivity contribution in [2.75, 3.05) is 6.61 Å². The van der Waals surface area contributed by atoms with Gasteiger partial charge in [0.1, 0.15) is 0 Å². The maximum atomic E-state index is 11.7. The zero-order chi connectivity index (χ0) is 19.1. The van der Waals surface area contributed by atoms with Crippen molar-refractivity contribution >= 4 is 5.97 Å². The van der Waals surface area contributed by atoms with Gasteiger partial charge >= 0.3 is 35.5 Å². The van der Waals surface area contributed by atoms with Crippen LogP contribution in [0.2, 0.25) is 0 Å². The van der Waals surface area contributed by atoms with Crippen LogP contribution < -0.4 is 29.6 Å². The van der Waals surface area contributed by atoms with Gasteiger partial charge in [-0.05, 0) is 12.8 Å². The van der Waals surface area contributed by atoms with E-state index in [0.29, 0.717) is 13.0 Å². The Hall–Kier alpha value is 0.470. The van der Waals surface area contributed by atoms with Crippen molar-refractivity contribution in [3.8, 4) is 0 Å². The molecule has 0 aromatic heterocycles. The maximum absolute atomic E-state index is 11.7. The van der Waals surface area contributed by atoms with Crippen LogP contribution in [-0.4, -0.2) is 12.6 Å². The number of carbonyl (C=O) groups excluding carboxylic acids is 1. The summed E-state index contributed by atoms with van der Waals surface area (Å²) in [5, 5.41) is 0. The van der Waals surface area contributed by atoms with E-state index in [9.17, 15) is 4.79 Å². The average molecular weight is 392 g/mol. The Bertz CT molecular complexity index is 282. The summed E-state index contributed by atoms with van der Waals surface area (Å²) in [6, 6.07) is 0. The second-order valence-electron chi connectivity index (χ2n) is 7.98. The van der Waals surface area contributed by atoms with Gasteiger partial charge in [0.25, 0.3) is 0 Å². The summed E-state index contributed by atoms with van der Waals surface area (Å²) in [5.41, 5.74) is 0. The minimum absolute atomic E-state index is 0. The molecule has 0 saturated heterocycles. The molecule has 0 rings (SSSR count). The summed E-state index contributed by atoms with van der Waals surface area (Å²) in [6.07, 6.45) is 25.5. The fourth-order valence-corrected chi connectivity index (χ4v) is 3.43. The van der Waals surface area contributed by atoms with Crippen molar-refractivity contribution < 1.29 is 39.1 Å². The first-order chi connectivity index (χ1) is 12.8. The van der Waals surface area contributed by atoms with E-state index in [2.05, 4.69) is 13.8 Å². The van der Waals surface area contributed by atoms with Gasteiger partial charge in [0, 0.05) is 6.42 Å². The van der Waals surface area contributed by atoms with Gasteiger partial charge in [-0.2, -0.15) is 0 Å². The molecule has 0 spiro atoms. The number of carbonyl (C=O) groups is 1. The van der Waals surface area contributed by atoms with E-state index in [1.807, 2.05) is 0 Å². The molecule has 0 unspecified atom stereocenters. The van der Waals surface area contributed by atoms with E-state index < -0.39 is 0 Å². The van der Waals surface area contributed by atoms with Crippen molar-refractivity contribution in [1.82, 2.24) is 0 Å².